The van der Waals surface area contributed by atoms with Crippen molar-refractivity contribution in [3.63, 3.8) is 0 Å². The van der Waals surface area contributed by atoms with E-state index in [0.29, 0.717) is 12.1 Å². The van der Waals surface area contributed by atoms with Crippen molar-refractivity contribution in [2.24, 2.45) is 0 Å². The van der Waals surface area contributed by atoms with Crippen molar-refractivity contribution in [3.8, 4) is 0 Å². The summed E-state index contributed by atoms with van der Waals surface area (Å²) in [7, 11) is 0. The smallest absolute Gasteiger partial charge is 0.237 e. The second-order valence-electron chi connectivity index (χ2n) is 4.55. The third kappa shape index (κ3) is 1.91. The summed E-state index contributed by atoms with van der Waals surface area (Å²) in [6, 6.07) is 1.07. The highest BCUT2D eigenvalue weighted by Crippen LogP contribution is 2.12. The van der Waals surface area contributed by atoms with Gasteiger partial charge in [-0.3, -0.25) is 9.69 Å². The average molecular weight is 197 g/mol. The molecule has 0 aromatic heterocycles. The first-order chi connectivity index (χ1) is 6.66. The zero-order valence-electron chi connectivity index (χ0n) is 8.92. The van der Waals surface area contributed by atoms with E-state index in [2.05, 4.69) is 29.4 Å². The molecule has 0 bridgehead atoms. The predicted octanol–water partition coefficient (Wildman–Crippen LogP) is -0.443. The van der Waals surface area contributed by atoms with Crippen molar-refractivity contribution in [1.29, 1.82) is 0 Å². The van der Waals surface area contributed by atoms with Crippen LogP contribution in [0.2, 0.25) is 0 Å². The Morgan fingerprint density at radius 3 is 2.57 bits per heavy atom. The van der Waals surface area contributed by atoms with E-state index in [1.54, 1.807) is 0 Å². The Bertz CT molecular complexity index is 219. The second kappa shape index (κ2) is 3.87. The Morgan fingerprint density at radius 1 is 1.50 bits per heavy atom. The number of amides is 1. The number of hydrogen-bond acceptors (Lipinski definition) is 3. The van der Waals surface area contributed by atoms with Crippen LogP contribution in [0.4, 0.5) is 0 Å². The molecule has 2 heterocycles. The van der Waals surface area contributed by atoms with Gasteiger partial charge in [-0.2, -0.15) is 0 Å². The fourth-order valence-corrected chi connectivity index (χ4v) is 1.84. The van der Waals surface area contributed by atoms with Crippen LogP contribution in [-0.4, -0.2) is 48.6 Å². The zero-order valence-corrected chi connectivity index (χ0v) is 8.92. The first kappa shape index (κ1) is 9.93. The maximum atomic E-state index is 11.5. The molecule has 80 valence electrons. The first-order valence-corrected chi connectivity index (χ1v) is 5.44. The van der Waals surface area contributed by atoms with Crippen LogP contribution in [0.1, 0.15) is 20.3 Å². The van der Waals surface area contributed by atoms with Crippen LogP contribution in [0.5, 0.6) is 0 Å². The van der Waals surface area contributed by atoms with Crippen LogP contribution >= 0.6 is 0 Å². The van der Waals surface area contributed by atoms with Gasteiger partial charge in [0.05, 0.1) is 12.1 Å². The molecule has 0 aliphatic carbocycles. The Labute approximate surface area is 85.0 Å². The molecule has 2 aliphatic heterocycles. The minimum absolute atomic E-state index is 0.0862. The Kier molecular flexibility index (Phi) is 2.74. The zero-order chi connectivity index (χ0) is 10.1. The summed E-state index contributed by atoms with van der Waals surface area (Å²) in [5, 5.41) is 6.17. The lowest BCUT2D eigenvalue weighted by Gasteiger charge is -2.43. The van der Waals surface area contributed by atoms with Gasteiger partial charge in [0, 0.05) is 19.1 Å². The van der Waals surface area contributed by atoms with Crippen molar-refractivity contribution >= 4 is 5.91 Å². The fourth-order valence-electron chi connectivity index (χ4n) is 1.84. The molecule has 2 rings (SSSR count). The molecule has 4 nitrogen and oxygen atoms in total. The van der Waals surface area contributed by atoms with Gasteiger partial charge in [-0.15, -0.1) is 0 Å². The molecule has 14 heavy (non-hydrogen) atoms. The Morgan fingerprint density at radius 2 is 2.14 bits per heavy atom. The maximum absolute atomic E-state index is 11.5. The van der Waals surface area contributed by atoms with Crippen LogP contribution in [0.15, 0.2) is 0 Å². The van der Waals surface area contributed by atoms with Crippen LogP contribution in [-0.2, 0) is 4.79 Å². The summed E-state index contributed by atoms with van der Waals surface area (Å²) in [4.78, 5) is 13.9. The van der Waals surface area contributed by atoms with Gasteiger partial charge in [0.2, 0.25) is 5.91 Å². The molecule has 4 heteroatoms. The van der Waals surface area contributed by atoms with Crippen molar-refractivity contribution < 1.29 is 4.79 Å². The van der Waals surface area contributed by atoms with Crippen molar-refractivity contribution in [2.75, 3.05) is 19.6 Å². The standard InChI is InChI=1S/C10H19N3O/c1-7(2)13-5-8(6-13)12-10(14)9-3-4-11-9/h7-9,11H,3-6H2,1-2H3,(H,12,14). The van der Waals surface area contributed by atoms with E-state index in [4.69, 9.17) is 0 Å². The van der Waals surface area contributed by atoms with E-state index >= 15 is 0 Å². The summed E-state index contributed by atoms with van der Waals surface area (Å²) in [5.74, 6) is 0.185. The molecular formula is C10H19N3O. The van der Waals surface area contributed by atoms with Crippen LogP contribution in [0, 0.1) is 0 Å². The third-order valence-corrected chi connectivity index (χ3v) is 3.13. The molecular weight excluding hydrogens is 178 g/mol. The van der Waals surface area contributed by atoms with Gasteiger partial charge in [0.15, 0.2) is 0 Å². The molecule has 0 aromatic rings. The summed E-state index contributed by atoms with van der Waals surface area (Å²) in [5.41, 5.74) is 0. The van der Waals surface area contributed by atoms with Gasteiger partial charge >= 0.3 is 0 Å². The molecule has 2 fully saturated rings. The van der Waals surface area contributed by atoms with Gasteiger partial charge in [0.25, 0.3) is 0 Å². The number of carbonyl (C=O) groups is 1. The van der Waals surface area contributed by atoms with E-state index in [9.17, 15) is 4.79 Å². The number of hydrogen-bond donors (Lipinski definition) is 2. The summed E-state index contributed by atoms with van der Waals surface area (Å²) in [6.45, 7) is 7.38. The average Bonchev–Trinajstić information content (AvgIpc) is 1.91. The molecule has 2 saturated heterocycles. The number of nitrogens with zero attached hydrogens (tertiary/aromatic N) is 1. The summed E-state index contributed by atoms with van der Waals surface area (Å²) >= 11 is 0. The van der Waals surface area contributed by atoms with E-state index in [0.717, 1.165) is 26.1 Å². The van der Waals surface area contributed by atoms with Gasteiger partial charge in [-0.25, -0.2) is 0 Å². The van der Waals surface area contributed by atoms with Crippen LogP contribution in [0.3, 0.4) is 0 Å². The first-order valence-electron chi connectivity index (χ1n) is 5.44. The van der Waals surface area contributed by atoms with Crippen molar-refractivity contribution in [1.82, 2.24) is 15.5 Å². The number of nitrogens with one attached hydrogen (secondary N) is 2. The lowest BCUT2D eigenvalue weighted by molar-refractivity contribution is -0.126. The lowest BCUT2D eigenvalue weighted by atomic mass is 10.0. The second-order valence-corrected chi connectivity index (χ2v) is 4.55. The normalized spacial score (nSPS) is 28.4. The molecule has 1 amide bonds. The van der Waals surface area contributed by atoms with Crippen molar-refractivity contribution in [3.05, 3.63) is 0 Å². The monoisotopic (exact) mass is 197 g/mol. The molecule has 1 unspecified atom stereocenters. The highest BCUT2D eigenvalue weighted by Gasteiger charge is 2.32. The molecule has 0 spiro atoms. The van der Waals surface area contributed by atoms with E-state index < -0.39 is 0 Å². The number of carbonyl (C=O) groups excluding carboxylic acids is 1. The quantitative estimate of drug-likeness (QED) is 0.644. The van der Waals surface area contributed by atoms with Gasteiger partial charge in [-0.1, -0.05) is 0 Å². The van der Waals surface area contributed by atoms with Crippen molar-refractivity contribution in [2.45, 2.75) is 38.4 Å². The van der Waals surface area contributed by atoms with Crippen LogP contribution < -0.4 is 10.6 Å². The van der Waals surface area contributed by atoms with Gasteiger partial charge < -0.3 is 10.6 Å². The van der Waals surface area contributed by atoms with E-state index in [-0.39, 0.29) is 11.9 Å². The topological polar surface area (TPSA) is 44.4 Å². The minimum Gasteiger partial charge on any atom is -0.349 e. The number of likely N-dealkylation sites (tertiary alicyclic amines) is 1. The Hall–Kier alpha value is -0.610. The van der Waals surface area contributed by atoms with E-state index in [1.165, 1.54) is 0 Å². The molecule has 0 aromatic carbocycles. The van der Waals surface area contributed by atoms with E-state index in [1.807, 2.05) is 0 Å². The summed E-state index contributed by atoms with van der Waals surface area (Å²) in [6.07, 6.45) is 0.993. The molecule has 0 radical (unpaired) electrons. The SMILES string of the molecule is CC(C)N1CC(NC(=O)C2CCN2)C1. The van der Waals surface area contributed by atoms with Gasteiger partial charge in [-0.05, 0) is 26.8 Å². The molecule has 2 N–H and O–H groups in total. The molecule has 2 aliphatic rings. The highest BCUT2D eigenvalue weighted by atomic mass is 16.2. The molecule has 0 saturated carbocycles. The fraction of sp³-hybridized carbons (Fsp3) is 0.900. The highest BCUT2D eigenvalue weighted by molar-refractivity contribution is 5.83. The lowest BCUT2D eigenvalue weighted by Crippen LogP contribution is -2.64. The largest absolute Gasteiger partial charge is 0.349 e. The maximum Gasteiger partial charge on any atom is 0.237 e. The minimum atomic E-state index is 0.0862. The molecule has 1 atom stereocenters. The number of rotatable bonds is 3. The Balaban J connectivity index is 1.65. The van der Waals surface area contributed by atoms with Crippen LogP contribution in [0.25, 0.3) is 0 Å². The summed E-state index contributed by atoms with van der Waals surface area (Å²) < 4.78 is 0. The third-order valence-electron chi connectivity index (χ3n) is 3.13. The van der Waals surface area contributed by atoms with Gasteiger partial charge in [0.1, 0.15) is 0 Å². The predicted molar refractivity (Wildman–Crippen MR) is 55.0 cm³/mol.